The Balaban J connectivity index is 1.42. The van der Waals surface area contributed by atoms with Crippen molar-refractivity contribution >= 4 is 22.6 Å². The number of rotatable bonds is 7. The molecule has 188 valence electrons. The monoisotopic (exact) mass is 498 g/mol. The van der Waals surface area contributed by atoms with E-state index in [1.165, 1.54) is 30.4 Å². The summed E-state index contributed by atoms with van der Waals surface area (Å²) in [4.78, 5) is 16.3. The Kier molecular flexibility index (Phi) is 6.62. The van der Waals surface area contributed by atoms with Crippen molar-refractivity contribution in [3.63, 3.8) is 0 Å². The summed E-state index contributed by atoms with van der Waals surface area (Å²) < 4.78 is 2.27. The van der Waals surface area contributed by atoms with Gasteiger partial charge in [-0.25, -0.2) is 4.98 Å². The molecule has 1 aliphatic rings. The normalized spacial score (nSPS) is 13.4. The molecule has 0 aliphatic heterocycles. The lowest BCUT2D eigenvalue weighted by molar-refractivity contribution is -0.136. The number of hydrogen-bond acceptors (Lipinski definition) is 2. The van der Waals surface area contributed by atoms with E-state index in [0.29, 0.717) is 6.54 Å². The van der Waals surface area contributed by atoms with Crippen LogP contribution in [-0.4, -0.2) is 20.6 Å². The Labute approximate surface area is 222 Å². The molecule has 1 heterocycles. The highest BCUT2D eigenvalue weighted by Gasteiger charge is 2.17. The van der Waals surface area contributed by atoms with E-state index >= 15 is 0 Å². The van der Waals surface area contributed by atoms with E-state index in [1.54, 1.807) is 0 Å². The van der Waals surface area contributed by atoms with Gasteiger partial charge >= 0.3 is 5.97 Å². The van der Waals surface area contributed by atoms with Crippen molar-refractivity contribution in [3.05, 3.63) is 120 Å². The van der Waals surface area contributed by atoms with Gasteiger partial charge in [-0.3, -0.25) is 4.79 Å². The van der Waals surface area contributed by atoms with Gasteiger partial charge in [-0.1, -0.05) is 97.1 Å². The fourth-order valence-electron chi connectivity index (χ4n) is 5.43. The van der Waals surface area contributed by atoms with E-state index in [-0.39, 0.29) is 6.42 Å². The second-order valence-corrected chi connectivity index (χ2v) is 10.0. The average Bonchev–Trinajstić information content (AvgIpc) is 3.33. The summed E-state index contributed by atoms with van der Waals surface area (Å²) in [5, 5.41) is 9.11. The van der Waals surface area contributed by atoms with Crippen molar-refractivity contribution in [2.45, 2.75) is 38.6 Å². The first-order valence-corrected chi connectivity index (χ1v) is 13.3. The molecule has 6 rings (SSSR count). The number of imidazole rings is 1. The van der Waals surface area contributed by atoms with Crippen LogP contribution in [0.15, 0.2) is 103 Å². The van der Waals surface area contributed by atoms with Crippen LogP contribution >= 0.6 is 0 Å². The highest BCUT2D eigenvalue weighted by atomic mass is 16.4. The zero-order valence-corrected chi connectivity index (χ0v) is 21.3. The van der Waals surface area contributed by atoms with E-state index in [4.69, 9.17) is 10.1 Å². The van der Waals surface area contributed by atoms with Crippen molar-refractivity contribution in [2.75, 3.05) is 0 Å². The summed E-state index contributed by atoms with van der Waals surface area (Å²) >= 11 is 0. The highest BCUT2D eigenvalue weighted by molar-refractivity contribution is 5.94. The van der Waals surface area contributed by atoms with Gasteiger partial charge in [0.25, 0.3) is 0 Å². The topological polar surface area (TPSA) is 55.1 Å². The van der Waals surface area contributed by atoms with Crippen molar-refractivity contribution in [2.24, 2.45) is 0 Å². The highest BCUT2D eigenvalue weighted by Crippen LogP contribution is 2.34. The van der Waals surface area contributed by atoms with Crippen LogP contribution in [0.3, 0.4) is 0 Å². The number of aliphatic carboxylic acids is 1. The Hall–Kier alpha value is -4.44. The molecule has 1 aromatic heterocycles. The maximum Gasteiger partial charge on any atom is 0.307 e. The third kappa shape index (κ3) is 4.90. The molecule has 4 aromatic carbocycles. The number of aromatic nitrogens is 2. The predicted molar refractivity (Wildman–Crippen MR) is 154 cm³/mol. The van der Waals surface area contributed by atoms with Crippen molar-refractivity contribution in [1.82, 2.24) is 9.55 Å². The number of fused-ring (bicyclic) bond motifs is 1. The molecule has 0 amide bonds. The van der Waals surface area contributed by atoms with Crippen LogP contribution in [0, 0.1) is 0 Å². The Morgan fingerprint density at radius 1 is 0.763 bits per heavy atom. The lowest BCUT2D eigenvalue weighted by Gasteiger charge is -2.13. The van der Waals surface area contributed by atoms with Gasteiger partial charge in [0.2, 0.25) is 0 Å². The standard InChI is InChI=1S/C34H30N2O2/c37-32(38)22-24-14-16-25(17-15-24)23-36-31-13-7-12-30(33(31)35-34(36)29-10-5-2-6-11-29)28-20-18-27(19-21-28)26-8-3-1-4-9-26/h2,5-8,10-21H,1,3-4,9,22-23H2,(H,37,38). The average molecular weight is 499 g/mol. The lowest BCUT2D eigenvalue weighted by Crippen LogP contribution is -2.03. The van der Waals surface area contributed by atoms with Gasteiger partial charge in [0, 0.05) is 17.7 Å². The molecular weight excluding hydrogens is 468 g/mol. The molecule has 0 bridgehead atoms. The van der Waals surface area contributed by atoms with Crippen molar-refractivity contribution < 1.29 is 9.90 Å². The number of para-hydroxylation sites is 1. The van der Waals surface area contributed by atoms with E-state index in [0.717, 1.165) is 51.1 Å². The summed E-state index contributed by atoms with van der Waals surface area (Å²) in [5.74, 6) is 0.104. The third-order valence-corrected chi connectivity index (χ3v) is 7.39. The molecule has 5 aromatic rings. The van der Waals surface area contributed by atoms with Crippen molar-refractivity contribution in [3.8, 4) is 22.5 Å². The maximum absolute atomic E-state index is 11.1. The predicted octanol–water partition coefficient (Wildman–Crippen LogP) is 8.00. The Bertz CT molecular complexity index is 1610. The van der Waals surface area contributed by atoms with Crippen LogP contribution in [0.1, 0.15) is 42.4 Å². The summed E-state index contributed by atoms with van der Waals surface area (Å²) in [6.45, 7) is 0.643. The minimum atomic E-state index is -0.819. The van der Waals surface area contributed by atoms with Gasteiger partial charge in [0.15, 0.2) is 0 Å². The molecular formula is C34H30N2O2. The number of nitrogens with zero attached hydrogens (tertiary/aromatic N) is 2. The van der Waals surface area contributed by atoms with Crippen LogP contribution in [0.25, 0.3) is 39.1 Å². The number of carboxylic acid groups (broad SMARTS) is 1. The number of carboxylic acids is 1. The number of benzene rings is 4. The Morgan fingerprint density at radius 2 is 1.50 bits per heavy atom. The van der Waals surface area contributed by atoms with Gasteiger partial charge in [0.1, 0.15) is 5.82 Å². The molecule has 0 unspecified atom stereocenters. The quantitative estimate of drug-likeness (QED) is 0.247. The van der Waals surface area contributed by atoms with Gasteiger partial charge < -0.3 is 9.67 Å². The molecule has 4 heteroatoms. The first kappa shape index (κ1) is 23.9. The molecule has 38 heavy (non-hydrogen) atoms. The summed E-state index contributed by atoms with van der Waals surface area (Å²) in [7, 11) is 0. The van der Waals surface area contributed by atoms with E-state index in [2.05, 4.69) is 65.2 Å². The second-order valence-electron chi connectivity index (χ2n) is 10.0. The summed E-state index contributed by atoms with van der Waals surface area (Å²) in [6, 6.07) is 33.5. The third-order valence-electron chi connectivity index (χ3n) is 7.39. The van der Waals surface area contributed by atoms with Gasteiger partial charge in [-0.15, -0.1) is 0 Å². The van der Waals surface area contributed by atoms with Crippen LogP contribution in [0.2, 0.25) is 0 Å². The largest absolute Gasteiger partial charge is 0.481 e. The number of allylic oxidation sites excluding steroid dienone is 2. The number of carbonyl (C=O) groups is 1. The van der Waals surface area contributed by atoms with E-state index in [9.17, 15) is 4.79 Å². The molecule has 0 fully saturated rings. The van der Waals surface area contributed by atoms with Crippen LogP contribution in [-0.2, 0) is 17.8 Å². The maximum atomic E-state index is 11.1. The second kappa shape index (κ2) is 10.5. The molecule has 0 saturated heterocycles. The SMILES string of the molecule is O=C(O)Cc1ccc(Cn2c(-c3ccccc3)nc3c(-c4ccc(C5=CCCCC5)cc4)cccc32)cc1. The van der Waals surface area contributed by atoms with Crippen molar-refractivity contribution in [1.29, 1.82) is 0 Å². The first-order chi connectivity index (χ1) is 18.7. The zero-order chi connectivity index (χ0) is 25.9. The number of hydrogen-bond donors (Lipinski definition) is 1. The minimum Gasteiger partial charge on any atom is -0.481 e. The smallest absolute Gasteiger partial charge is 0.307 e. The minimum absolute atomic E-state index is 0.0307. The van der Waals surface area contributed by atoms with Crippen LogP contribution < -0.4 is 0 Å². The fraction of sp³-hybridized carbons (Fsp3) is 0.176. The van der Waals surface area contributed by atoms with Gasteiger partial charge in [-0.2, -0.15) is 0 Å². The van der Waals surface area contributed by atoms with Crippen LogP contribution in [0.4, 0.5) is 0 Å². The fourth-order valence-corrected chi connectivity index (χ4v) is 5.43. The van der Waals surface area contributed by atoms with Gasteiger partial charge in [0.05, 0.1) is 17.5 Å². The van der Waals surface area contributed by atoms with Gasteiger partial charge in [-0.05, 0) is 59.6 Å². The molecule has 0 spiro atoms. The summed E-state index contributed by atoms with van der Waals surface area (Å²) in [6.07, 6.45) is 7.33. The first-order valence-electron chi connectivity index (χ1n) is 13.3. The zero-order valence-electron chi connectivity index (χ0n) is 21.3. The molecule has 0 radical (unpaired) electrons. The Morgan fingerprint density at radius 3 is 2.21 bits per heavy atom. The molecule has 1 N–H and O–H groups in total. The molecule has 0 saturated carbocycles. The molecule has 0 atom stereocenters. The summed E-state index contributed by atoms with van der Waals surface area (Å²) in [5.41, 5.74) is 10.1. The lowest BCUT2D eigenvalue weighted by atomic mass is 9.92. The molecule has 1 aliphatic carbocycles. The van der Waals surface area contributed by atoms with E-state index in [1.807, 2.05) is 42.5 Å². The van der Waals surface area contributed by atoms with Crippen LogP contribution in [0.5, 0.6) is 0 Å². The van der Waals surface area contributed by atoms with E-state index < -0.39 is 5.97 Å². The molecule has 4 nitrogen and oxygen atoms in total.